The van der Waals surface area contributed by atoms with Crippen LogP contribution in [-0.4, -0.2) is 53.5 Å². The van der Waals surface area contributed by atoms with Crippen LogP contribution in [0, 0.1) is 0 Å². The van der Waals surface area contributed by atoms with Crippen molar-refractivity contribution in [3.63, 3.8) is 0 Å². The van der Waals surface area contributed by atoms with E-state index in [0.717, 1.165) is 26.1 Å². The largest absolute Gasteiger partial charge is 0.368 e. The molecule has 2 fully saturated rings. The zero-order valence-electron chi connectivity index (χ0n) is 10.4. The van der Waals surface area contributed by atoms with Crippen molar-refractivity contribution >= 4 is 5.91 Å². The van der Waals surface area contributed by atoms with Crippen LogP contribution in [0.2, 0.25) is 0 Å². The summed E-state index contributed by atoms with van der Waals surface area (Å²) in [5, 5.41) is 0. The van der Waals surface area contributed by atoms with E-state index in [1.54, 1.807) is 0 Å². The van der Waals surface area contributed by atoms with Crippen molar-refractivity contribution in [1.82, 2.24) is 9.80 Å². The molecule has 2 saturated heterocycles. The van der Waals surface area contributed by atoms with Crippen molar-refractivity contribution in [2.75, 3.05) is 26.2 Å². The molecule has 16 heavy (non-hydrogen) atoms. The van der Waals surface area contributed by atoms with Crippen molar-refractivity contribution in [1.29, 1.82) is 0 Å². The number of rotatable bonds is 4. The van der Waals surface area contributed by atoms with Gasteiger partial charge in [0.15, 0.2) is 0 Å². The molecule has 4 nitrogen and oxygen atoms in total. The molecule has 2 aliphatic rings. The summed E-state index contributed by atoms with van der Waals surface area (Å²) in [6.07, 6.45) is 3.42. The smallest absolute Gasteiger partial charge is 0.234 e. The Labute approximate surface area is 97.8 Å². The highest BCUT2D eigenvalue weighted by Gasteiger charge is 2.51. The average Bonchev–Trinajstić information content (AvgIpc) is 2.61. The van der Waals surface area contributed by atoms with Crippen LogP contribution >= 0.6 is 0 Å². The maximum atomic E-state index is 11.3. The van der Waals surface area contributed by atoms with Gasteiger partial charge in [0.1, 0.15) is 0 Å². The lowest BCUT2D eigenvalue weighted by atomic mass is 9.85. The van der Waals surface area contributed by atoms with Crippen LogP contribution in [0.4, 0.5) is 0 Å². The zero-order chi connectivity index (χ0) is 11.8. The number of likely N-dealkylation sites (N-methyl/N-ethyl adjacent to an activating group) is 1. The van der Waals surface area contributed by atoms with Crippen molar-refractivity contribution in [2.45, 2.75) is 44.7 Å². The van der Waals surface area contributed by atoms with Crippen molar-refractivity contribution in [3.05, 3.63) is 0 Å². The predicted octanol–water partition coefficient (Wildman–Crippen LogP) is 0.420. The highest BCUT2D eigenvalue weighted by molar-refractivity contribution is 5.80. The van der Waals surface area contributed by atoms with Crippen LogP contribution in [-0.2, 0) is 4.79 Å². The molecule has 0 aromatic heterocycles. The monoisotopic (exact) mass is 225 g/mol. The molecule has 0 aliphatic carbocycles. The average molecular weight is 225 g/mol. The van der Waals surface area contributed by atoms with Crippen molar-refractivity contribution in [3.8, 4) is 0 Å². The summed E-state index contributed by atoms with van der Waals surface area (Å²) in [7, 11) is 0. The third-order valence-electron chi connectivity index (χ3n) is 4.27. The number of likely N-dealkylation sites (tertiary alicyclic amines) is 2. The van der Waals surface area contributed by atoms with E-state index < -0.39 is 0 Å². The van der Waals surface area contributed by atoms with Gasteiger partial charge in [0.05, 0.1) is 6.04 Å². The second-order valence-corrected chi connectivity index (χ2v) is 5.14. The Morgan fingerprint density at radius 3 is 2.62 bits per heavy atom. The maximum Gasteiger partial charge on any atom is 0.234 e. The highest BCUT2D eigenvalue weighted by Crippen LogP contribution is 2.38. The highest BCUT2D eigenvalue weighted by atomic mass is 16.1. The summed E-state index contributed by atoms with van der Waals surface area (Å²) >= 11 is 0. The Morgan fingerprint density at radius 1 is 1.44 bits per heavy atom. The van der Waals surface area contributed by atoms with Crippen LogP contribution in [0.1, 0.15) is 33.1 Å². The summed E-state index contributed by atoms with van der Waals surface area (Å²) in [5.41, 5.74) is 5.79. The standard InChI is InChI=1S/C12H23N3O/c1-3-10(11(13)16)14-8-12(9-14)6-5-7-15(12)4-2/h10H,3-9H2,1-2H3,(H2,13,16)/t10-/m0/s1. The molecule has 0 bridgehead atoms. The molecule has 2 rings (SSSR count). The Bertz CT molecular complexity index is 273. The number of carbonyl (C=O) groups excluding carboxylic acids is 1. The summed E-state index contributed by atoms with van der Waals surface area (Å²) in [6.45, 7) is 8.66. The fourth-order valence-electron chi connectivity index (χ4n) is 3.42. The van der Waals surface area contributed by atoms with Gasteiger partial charge in [-0.05, 0) is 32.4 Å². The van der Waals surface area contributed by atoms with E-state index in [1.165, 1.54) is 19.4 Å². The number of primary amides is 1. The normalized spacial score (nSPS) is 26.9. The molecular weight excluding hydrogens is 202 g/mol. The lowest BCUT2D eigenvalue weighted by molar-refractivity contribution is -0.130. The first-order valence-corrected chi connectivity index (χ1v) is 6.41. The molecule has 0 aromatic rings. The van der Waals surface area contributed by atoms with Crippen LogP contribution in [0.15, 0.2) is 0 Å². The van der Waals surface area contributed by atoms with Gasteiger partial charge in [-0.25, -0.2) is 0 Å². The molecule has 1 spiro atoms. The fourth-order valence-corrected chi connectivity index (χ4v) is 3.42. The first kappa shape index (κ1) is 11.9. The van der Waals surface area contributed by atoms with E-state index in [-0.39, 0.29) is 11.9 Å². The van der Waals surface area contributed by atoms with Crippen LogP contribution in [0.3, 0.4) is 0 Å². The molecule has 0 aromatic carbocycles. The molecule has 0 radical (unpaired) electrons. The van der Waals surface area contributed by atoms with Crippen LogP contribution < -0.4 is 5.73 Å². The minimum absolute atomic E-state index is 0.0510. The van der Waals surface area contributed by atoms with Gasteiger partial charge < -0.3 is 5.73 Å². The molecule has 2 N–H and O–H groups in total. The predicted molar refractivity (Wildman–Crippen MR) is 64.1 cm³/mol. The van der Waals surface area contributed by atoms with Gasteiger partial charge in [-0.3, -0.25) is 14.6 Å². The minimum Gasteiger partial charge on any atom is -0.368 e. The van der Waals surface area contributed by atoms with Gasteiger partial charge in [-0.2, -0.15) is 0 Å². The molecule has 92 valence electrons. The van der Waals surface area contributed by atoms with E-state index in [2.05, 4.69) is 16.7 Å². The molecule has 1 atom stereocenters. The third kappa shape index (κ3) is 1.74. The van der Waals surface area contributed by atoms with Gasteiger partial charge >= 0.3 is 0 Å². The molecule has 0 saturated carbocycles. The van der Waals surface area contributed by atoms with Crippen molar-refractivity contribution < 1.29 is 4.79 Å². The Kier molecular flexibility index (Phi) is 3.22. The van der Waals surface area contributed by atoms with Gasteiger partial charge in [0, 0.05) is 18.6 Å². The third-order valence-corrected chi connectivity index (χ3v) is 4.27. The second-order valence-electron chi connectivity index (χ2n) is 5.14. The molecular formula is C12H23N3O. The number of carbonyl (C=O) groups is 1. The van der Waals surface area contributed by atoms with E-state index in [4.69, 9.17) is 5.73 Å². The van der Waals surface area contributed by atoms with Crippen molar-refractivity contribution in [2.24, 2.45) is 5.73 Å². The van der Waals surface area contributed by atoms with Gasteiger partial charge in [-0.15, -0.1) is 0 Å². The van der Waals surface area contributed by atoms with Crippen LogP contribution in [0.5, 0.6) is 0 Å². The van der Waals surface area contributed by atoms with Gasteiger partial charge in [0.25, 0.3) is 0 Å². The molecule has 0 unspecified atom stereocenters. The lowest BCUT2D eigenvalue weighted by Crippen LogP contribution is -2.71. The number of nitrogens with zero attached hydrogens (tertiary/aromatic N) is 2. The minimum atomic E-state index is -0.168. The molecule has 4 heteroatoms. The summed E-state index contributed by atoms with van der Waals surface area (Å²) in [6, 6.07) is -0.0510. The van der Waals surface area contributed by atoms with E-state index in [9.17, 15) is 4.79 Å². The number of amides is 1. The van der Waals surface area contributed by atoms with Gasteiger partial charge in [0.2, 0.25) is 5.91 Å². The van der Waals surface area contributed by atoms with Gasteiger partial charge in [-0.1, -0.05) is 13.8 Å². The lowest BCUT2D eigenvalue weighted by Gasteiger charge is -2.54. The Morgan fingerprint density at radius 2 is 2.12 bits per heavy atom. The molecule has 1 amide bonds. The molecule has 2 aliphatic heterocycles. The van der Waals surface area contributed by atoms with Crippen LogP contribution in [0.25, 0.3) is 0 Å². The SMILES string of the molecule is CC[C@@H](C(N)=O)N1CC2(CCCN2CC)C1. The number of hydrogen-bond acceptors (Lipinski definition) is 3. The summed E-state index contributed by atoms with van der Waals surface area (Å²) < 4.78 is 0. The first-order chi connectivity index (χ1) is 7.63. The maximum absolute atomic E-state index is 11.3. The van der Waals surface area contributed by atoms with E-state index >= 15 is 0 Å². The Hall–Kier alpha value is -0.610. The fraction of sp³-hybridized carbons (Fsp3) is 0.917. The van der Waals surface area contributed by atoms with E-state index in [0.29, 0.717) is 5.54 Å². The quantitative estimate of drug-likeness (QED) is 0.754. The second kappa shape index (κ2) is 4.34. The Balaban J connectivity index is 1.95. The topological polar surface area (TPSA) is 49.6 Å². The molecule has 2 heterocycles. The zero-order valence-corrected chi connectivity index (χ0v) is 10.4. The first-order valence-electron chi connectivity index (χ1n) is 6.41. The van der Waals surface area contributed by atoms with E-state index in [1.807, 2.05) is 6.92 Å². The number of hydrogen-bond donors (Lipinski definition) is 1. The summed E-state index contributed by atoms with van der Waals surface area (Å²) in [5.74, 6) is -0.168. The summed E-state index contributed by atoms with van der Waals surface area (Å²) in [4.78, 5) is 16.1. The number of nitrogens with two attached hydrogens (primary N) is 1.